The van der Waals surface area contributed by atoms with Crippen molar-refractivity contribution < 1.29 is 5.11 Å². The van der Waals surface area contributed by atoms with Crippen molar-refractivity contribution in [3.05, 3.63) is 28.9 Å². The van der Waals surface area contributed by atoms with Crippen LogP contribution < -0.4 is 5.73 Å². The van der Waals surface area contributed by atoms with Gasteiger partial charge in [-0.1, -0.05) is 22.0 Å². The van der Waals surface area contributed by atoms with Gasteiger partial charge < -0.3 is 10.8 Å². The molecule has 74 valence electrons. The number of fused-ring (bicyclic) bond motifs is 1. The molecule has 0 radical (unpaired) electrons. The van der Waals surface area contributed by atoms with E-state index in [4.69, 9.17) is 5.73 Å². The number of phenolic OH excluding ortho intramolecular Hbond substituents is 1. The van der Waals surface area contributed by atoms with Gasteiger partial charge in [-0.15, -0.1) is 12.4 Å². The van der Waals surface area contributed by atoms with E-state index >= 15 is 0 Å². The molecule has 3 N–H and O–H groups in total. The Labute approximate surface area is 95.5 Å². The van der Waals surface area contributed by atoms with Crippen LogP contribution in [-0.2, 0) is 0 Å². The fraction of sp³-hybridized carbons (Fsp3) is 0. The van der Waals surface area contributed by atoms with Crippen molar-refractivity contribution >= 4 is 44.9 Å². The van der Waals surface area contributed by atoms with Crippen LogP contribution in [0.2, 0.25) is 0 Å². The van der Waals surface area contributed by atoms with E-state index < -0.39 is 0 Å². The lowest BCUT2D eigenvalue weighted by molar-refractivity contribution is 0.483. The summed E-state index contributed by atoms with van der Waals surface area (Å²) in [5, 5.41) is 10.4. The zero-order valence-corrected chi connectivity index (χ0v) is 9.47. The van der Waals surface area contributed by atoms with Gasteiger partial charge in [-0.25, -0.2) is 0 Å². The van der Waals surface area contributed by atoms with Crippen molar-refractivity contribution in [1.82, 2.24) is 4.98 Å². The smallest absolute Gasteiger partial charge is 0.165 e. The fourth-order valence-corrected chi connectivity index (χ4v) is 1.77. The Morgan fingerprint density at radius 3 is 2.86 bits per heavy atom. The maximum Gasteiger partial charge on any atom is 0.165 e. The van der Waals surface area contributed by atoms with Gasteiger partial charge in [0.05, 0.1) is 5.69 Å². The molecule has 0 aliphatic carbocycles. The number of phenols is 1. The van der Waals surface area contributed by atoms with Crippen LogP contribution in [0.15, 0.2) is 28.9 Å². The maximum absolute atomic E-state index is 9.57. The molecule has 0 amide bonds. The Bertz CT molecular complexity index is 476. The minimum Gasteiger partial charge on any atom is -0.504 e. The first kappa shape index (κ1) is 11.1. The van der Waals surface area contributed by atoms with Crippen LogP contribution in [0.25, 0.3) is 10.9 Å². The molecule has 3 nitrogen and oxygen atoms in total. The van der Waals surface area contributed by atoms with E-state index in [1.807, 2.05) is 12.1 Å². The number of nitrogens with zero attached hydrogens (tertiary/aromatic N) is 1. The summed E-state index contributed by atoms with van der Waals surface area (Å²) >= 11 is 3.35. The number of nitrogens with two attached hydrogens (primary N) is 1. The lowest BCUT2D eigenvalue weighted by Crippen LogP contribution is -1.88. The average molecular weight is 276 g/mol. The maximum atomic E-state index is 9.57. The number of hydrogen-bond donors (Lipinski definition) is 2. The first-order valence-corrected chi connectivity index (χ1v) is 4.51. The van der Waals surface area contributed by atoms with Gasteiger partial charge in [-0.3, -0.25) is 4.98 Å². The summed E-state index contributed by atoms with van der Waals surface area (Å²) in [5.41, 5.74) is 6.42. The Kier molecular flexibility index (Phi) is 3.18. The van der Waals surface area contributed by atoms with Crippen LogP contribution in [0.3, 0.4) is 0 Å². The Hall–Kier alpha value is -1.00. The summed E-state index contributed by atoms with van der Waals surface area (Å²) in [4.78, 5) is 4.04. The van der Waals surface area contributed by atoms with E-state index in [0.29, 0.717) is 11.2 Å². The molecule has 0 spiro atoms. The van der Waals surface area contributed by atoms with E-state index in [0.717, 1.165) is 9.86 Å². The van der Waals surface area contributed by atoms with E-state index in [1.165, 1.54) is 0 Å². The molecule has 14 heavy (non-hydrogen) atoms. The topological polar surface area (TPSA) is 59.1 Å². The van der Waals surface area contributed by atoms with Crippen LogP contribution in [0.4, 0.5) is 5.69 Å². The van der Waals surface area contributed by atoms with Crippen molar-refractivity contribution in [2.45, 2.75) is 0 Å². The van der Waals surface area contributed by atoms with E-state index in [-0.39, 0.29) is 18.2 Å². The second-order valence-electron chi connectivity index (χ2n) is 2.70. The monoisotopic (exact) mass is 274 g/mol. The van der Waals surface area contributed by atoms with Crippen molar-refractivity contribution in [2.24, 2.45) is 0 Å². The minimum atomic E-state index is 0. The molecule has 5 heteroatoms. The molecular formula is C9H8BrClN2O. The van der Waals surface area contributed by atoms with Gasteiger partial charge in [0.1, 0.15) is 5.52 Å². The average Bonchev–Trinajstić information content (AvgIpc) is 2.15. The zero-order chi connectivity index (χ0) is 9.42. The van der Waals surface area contributed by atoms with Crippen molar-refractivity contribution in [3.8, 4) is 5.75 Å². The highest BCUT2D eigenvalue weighted by Gasteiger charge is 2.07. The van der Waals surface area contributed by atoms with Crippen LogP contribution in [0, 0.1) is 0 Å². The van der Waals surface area contributed by atoms with Crippen LogP contribution in [-0.4, -0.2) is 10.1 Å². The Morgan fingerprint density at radius 2 is 2.14 bits per heavy atom. The molecule has 0 aliphatic rings. The number of halogens is 2. The van der Waals surface area contributed by atoms with Gasteiger partial charge in [-0.05, 0) is 12.1 Å². The standard InChI is InChI=1S/C9H7BrN2O.ClH/c10-6-4-7(11)9(13)8-5(6)2-1-3-12-8;/h1-4,13H,11H2;1H. The molecule has 0 aliphatic heterocycles. The molecule has 1 aromatic carbocycles. The SMILES string of the molecule is Cl.Nc1cc(Br)c2cccnc2c1O. The third-order valence-corrected chi connectivity index (χ3v) is 2.50. The summed E-state index contributed by atoms with van der Waals surface area (Å²) in [7, 11) is 0. The van der Waals surface area contributed by atoms with Crippen molar-refractivity contribution in [2.75, 3.05) is 5.73 Å². The summed E-state index contributed by atoms with van der Waals surface area (Å²) in [5.74, 6) is 0.0406. The largest absolute Gasteiger partial charge is 0.504 e. The number of rotatable bonds is 0. The first-order valence-electron chi connectivity index (χ1n) is 3.72. The number of benzene rings is 1. The van der Waals surface area contributed by atoms with Crippen LogP contribution in [0.5, 0.6) is 5.75 Å². The number of pyridine rings is 1. The lowest BCUT2D eigenvalue weighted by atomic mass is 10.2. The number of nitrogen functional groups attached to an aromatic ring is 1. The lowest BCUT2D eigenvalue weighted by Gasteiger charge is -2.04. The molecule has 2 aromatic rings. The fourth-order valence-electron chi connectivity index (χ4n) is 1.21. The summed E-state index contributed by atoms with van der Waals surface area (Å²) in [6, 6.07) is 5.34. The number of aromatic hydroxyl groups is 1. The van der Waals surface area contributed by atoms with Crippen molar-refractivity contribution in [1.29, 1.82) is 0 Å². The molecule has 0 fully saturated rings. The summed E-state index contributed by atoms with van der Waals surface area (Å²) in [6.07, 6.45) is 1.62. The number of anilines is 1. The van der Waals surface area contributed by atoms with E-state index in [1.54, 1.807) is 12.3 Å². The highest BCUT2D eigenvalue weighted by Crippen LogP contribution is 2.34. The molecular weight excluding hydrogens is 267 g/mol. The third-order valence-electron chi connectivity index (χ3n) is 1.84. The molecule has 2 rings (SSSR count). The molecule has 0 saturated carbocycles. The summed E-state index contributed by atoms with van der Waals surface area (Å²) in [6.45, 7) is 0. The predicted octanol–water partition coefficient (Wildman–Crippen LogP) is 2.71. The normalized spacial score (nSPS) is 9.79. The highest BCUT2D eigenvalue weighted by molar-refractivity contribution is 9.10. The number of aromatic nitrogens is 1. The van der Waals surface area contributed by atoms with Gasteiger partial charge >= 0.3 is 0 Å². The molecule has 0 unspecified atom stereocenters. The van der Waals surface area contributed by atoms with Crippen LogP contribution in [0.1, 0.15) is 0 Å². The molecule has 1 heterocycles. The quantitative estimate of drug-likeness (QED) is 0.574. The molecule has 0 atom stereocenters. The van der Waals surface area contributed by atoms with Crippen molar-refractivity contribution in [3.63, 3.8) is 0 Å². The second-order valence-corrected chi connectivity index (χ2v) is 3.55. The number of hydrogen-bond acceptors (Lipinski definition) is 3. The molecule has 0 bridgehead atoms. The van der Waals surface area contributed by atoms with E-state index in [9.17, 15) is 5.11 Å². The predicted molar refractivity (Wildman–Crippen MR) is 62.8 cm³/mol. The second kappa shape index (κ2) is 4.02. The highest BCUT2D eigenvalue weighted by atomic mass is 79.9. The Balaban J connectivity index is 0.000000980. The third kappa shape index (κ3) is 1.63. The minimum absolute atomic E-state index is 0. The van der Waals surface area contributed by atoms with Gasteiger partial charge in [-0.2, -0.15) is 0 Å². The van der Waals surface area contributed by atoms with Gasteiger partial charge in [0.15, 0.2) is 5.75 Å². The van der Waals surface area contributed by atoms with Crippen LogP contribution >= 0.6 is 28.3 Å². The molecule has 0 saturated heterocycles. The Morgan fingerprint density at radius 1 is 1.43 bits per heavy atom. The zero-order valence-electron chi connectivity index (χ0n) is 7.07. The van der Waals surface area contributed by atoms with Gasteiger partial charge in [0.2, 0.25) is 0 Å². The molecule has 1 aromatic heterocycles. The van der Waals surface area contributed by atoms with Gasteiger partial charge in [0, 0.05) is 16.1 Å². The first-order chi connectivity index (χ1) is 6.20. The van der Waals surface area contributed by atoms with E-state index in [2.05, 4.69) is 20.9 Å². The van der Waals surface area contributed by atoms with Gasteiger partial charge in [0.25, 0.3) is 0 Å². The summed E-state index contributed by atoms with van der Waals surface area (Å²) < 4.78 is 0.839.